The molecule has 160 valence electrons. The molecule has 0 saturated carbocycles. The van der Waals surface area contributed by atoms with Crippen LogP contribution in [0, 0.1) is 0 Å². The van der Waals surface area contributed by atoms with Gasteiger partial charge in [-0.2, -0.15) is 0 Å². The maximum absolute atomic E-state index is 13.1. The first-order valence-corrected chi connectivity index (χ1v) is 16.1. The van der Waals surface area contributed by atoms with E-state index in [-0.39, 0.29) is 16.0 Å². The quantitative estimate of drug-likeness (QED) is 0.544. The summed E-state index contributed by atoms with van der Waals surface area (Å²) in [5.74, 6) is -0.176. The molecule has 28 heavy (non-hydrogen) atoms. The zero-order valence-corrected chi connectivity index (χ0v) is 21.6. The predicted molar refractivity (Wildman–Crippen MR) is 124 cm³/mol. The summed E-state index contributed by atoms with van der Waals surface area (Å²) in [6.07, 6.45) is 0. The fourth-order valence-electron chi connectivity index (χ4n) is 2.17. The summed E-state index contributed by atoms with van der Waals surface area (Å²) in [7, 11) is -4.08. The molecule has 0 amide bonds. The van der Waals surface area contributed by atoms with E-state index in [1.54, 1.807) is 0 Å². The van der Waals surface area contributed by atoms with Gasteiger partial charge >= 0.3 is 5.97 Å². The summed E-state index contributed by atoms with van der Waals surface area (Å²) >= 11 is 0. The molecule has 0 aliphatic heterocycles. The Morgan fingerprint density at radius 3 is 1.96 bits per heavy atom. The Hall–Kier alpha value is -0.956. The Morgan fingerprint density at radius 1 is 0.964 bits per heavy atom. The minimum Gasteiger partial charge on any atom is -0.518 e. The van der Waals surface area contributed by atoms with Crippen LogP contribution in [0.1, 0.15) is 47.1 Å². The molecule has 0 saturated heterocycles. The highest BCUT2D eigenvalue weighted by atomic mass is 28.4. The average molecular weight is 424 g/mol. The molecule has 0 radical (unpaired) electrons. The number of carbonyl (C=O) groups is 1. The number of nitrogens with one attached hydrogen (secondary N) is 1. The highest BCUT2D eigenvalue weighted by Crippen LogP contribution is 2.37. The zero-order chi connectivity index (χ0) is 21.8. The van der Waals surface area contributed by atoms with Crippen LogP contribution >= 0.6 is 0 Å². The van der Waals surface area contributed by atoms with Crippen LogP contribution in [0.4, 0.5) is 0 Å². The van der Waals surface area contributed by atoms with E-state index in [9.17, 15) is 4.79 Å². The van der Waals surface area contributed by atoms with E-state index in [4.69, 9.17) is 9.16 Å². The topological polar surface area (TPSA) is 47.6 Å². The van der Waals surface area contributed by atoms with Gasteiger partial charge in [-0.05, 0) is 28.7 Å². The van der Waals surface area contributed by atoms with E-state index in [1.807, 2.05) is 30.3 Å². The van der Waals surface area contributed by atoms with Crippen LogP contribution in [0.15, 0.2) is 30.3 Å². The number of carbonyl (C=O) groups excluding carboxylic acids is 1. The molecular formula is C22H41NO3Si2. The molecule has 0 aliphatic carbocycles. The van der Waals surface area contributed by atoms with Crippen molar-refractivity contribution < 1.29 is 14.0 Å². The van der Waals surface area contributed by atoms with Crippen molar-refractivity contribution in [1.29, 1.82) is 0 Å². The molecule has 6 heteroatoms. The minimum absolute atomic E-state index is 0.0188. The number of ether oxygens (including phenoxy) is 1. The summed E-state index contributed by atoms with van der Waals surface area (Å²) in [4.78, 5) is 16.8. The molecule has 1 N–H and O–H groups in total. The van der Waals surface area contributed by atoms with Crippen LogP contribution in [0.3, 0.4) is 0 Å². The Morgan fingerprint density at radius 2 is 1.50 bits per heavy atom. The minimum atomic E-state index is -2.18. The monoisotopic (exact) mass is 423 g/mol. The van der Waals surface area contributed by atoms with Gasteiger partial charge in [-0.3, -0.25) is 4.79 Å². The van der Waals surface area contributed by atoms with Crippen LogP contribution in [0.25, 0.3) is 0 Å². The third kappa shape index (κ3) is 7.14. The van der Waals surface area contributed by atoms with Crippen LogP contribution in [-0.2, 0) is 20.6 Å². The van der Waals surface area contributed by atoms with Gasteiger partial charge in [0.1, 0.15) is 14.3 Å². The maximum Gasteiger partial charge on any atom is 0.311 e. The molecular weight excluding hydrogens is 382 g/mol. The Bertz CT molecular complexity index is 631. The van der Waals surface area contributed by atoms with Crippen molar-refractivity contribution in [3.63, 3.8) is 0 Å². The molecule has 0 fully saturated rings. The summed E-state index contributed by atoms with van der Waals surface area (Å²) in [6.45, 7) is 22.7. The van der Waals surface area contributed by atoms with Gasteiger partial charge in [0, 0.05) is 0 Å². The zero-order valence-electron chi connectivity index (χ0n) is 19.6. The largest absolute Gasteiger partial charge is 0.518 e. The van der Waals surface area contributed by atoms with Gasteiger partial charge in [0.25, 0.3) is 8.32 Å². The van der Waals surface area contributed by atoms with Gasteiger partial charge in [0.2, 0.25) is 0 Å². The molecule has 1 rings (SSSR count). The van der Waals surface area contributed by atoms with E-state index in [1.165, 1.54) is 0 Å². The van der Waals surface area contributed by atoms with Crippen LogP contribution in [0.2, 0.25) is 36.3 Å². The van der Waals surface area contributed by atoms with Gasteiger partial charge in [0.15, 0.2) is 0 Å². The van der Waals surface area contributed by atoms with Crippen molar-refractivity contribution in [1.82, 2.24) is 4.98 Å². The molecule has 1 atom stereocenters. The fraction of sp³-hybridized carbons (Fsp3) is 0.682. The summed E-state index contributed by atoms with van der Waals surface area (Å²) in [5.41, 5.74) is 1.10. The Labute approximate surface area is 174 Å². The number of hydrogen-bond acceptors (Lipinski definition) is 4. The average Bonchev–Trinajstić information content (AvgIpc) is 2.52. The molecule has 4 nitrogen and oxygen atoms in total. The molecule has 1 aromatic carbocycles. The molecule has 1 aromatic rings. The van der Waals surface area contributed by atoms with Crippen molar-refractivity contribution in [3.05, 3.63) is 35.9 Å². The van der Waals surface area contributed by atoms with Gasteiger partial charge in [0.05, 0.1) is 13.2 Å². The standard InChI is InChI=1S/C22H41NO3Si2/c1-21(2,3)27(7,8)23-19(17-25-16-18-14-12-11-13-15-18)20(24)26-28(9,10)22(4,5)6/h11-15,19,23H,16-17H2,1-10H3. The first-order valence-electron chi connectivity index (χ1n) is 10.2. The van der Waals surface area contributed by atoms with E-state index in [0.29, 0.717) is 13.2 Å². The first-order chi connectivity index (χ1) is 12.6. The van der Waals surface area contributed by atoms with Crippen molar-refractivity contribution in [2.75, 3.05) is 6.61 Å². The lowest BCUT2D eigenvalue weighted by atomic mass is 10.2. The second kappa shape index (κ2) is 9.24. The summed E-state index contributed by atoms with van der Waals surface area (Å²) in [5, 5.41) is 0.0943. The molecule has 0 bridgehead atoms. The third-order valence-corrected chi connectivity index (χ3v) is 15.4. The van der Waals surface area contributed by atoms with E-state index in [2.05, 4.69) is 72.7 Å². The number of hydrogen-bond donors (Lipinski definition) is 1. The summed E-state index contributed by atoms with van der Waals surface area (Å²) < 4.78 is 12.0. The molecule has 1 unspecified atom stereocenters. The second-order valence-electron chi connectivity index (χ2n) is 10.8. The fourth-order valence-corrected chi connectivity index (χ4v) is 4.62. The molecule has 0 heterocycles. The highest BCUT2D eigenvalue weighted by molar-refractivity contribution is 6.78. The molecule has 0 aromatic heterocycles. The van der Waals surface area contributed by atoms with Gasteiger partial charge in [-0.1, -0.05) is 85.0 Å². The molecule has 0 spiro atoms. The lowest BCUT2D eigenvalue weighted by molar-refractivity contribution is -0.139. The normalized spacial score (nSPS) is 14.6. The van der Waals surface area contributed by atoms with E-state index >= 15 is 0 Å². The smallest absolute Gasteiger partial charge is 0.311 e. The van der Waals surface area contributed by atoms with Crippen LogP contribution in [-0.4, -0.2) is 35.2 Å². The Kier molecular flexibility index (Phi) is 8.28. The van der Waals surface area contributed by atoms with E-state index < -0.39 is 22.6 Å². The van der Waals surface area contributed by atoms with Crippen molar-refractivity contribution in [2.24, 2.45) is 0 Å². The van der Waals surface area contributed by atoms with Gasteiger partial charge in [-0.15, -0.1) is 0 Å². The highest BCUT2D eigenvalue weighted by Gasteiger charge is 2.44. The number of rotatable bonds is 8. The van der Waals surface area contributed by atoms with Crippen molar-refractivity contribution >= 4 is 22.5 Å². The SMILES string of the molecule is CC(C)(C)[Si](C)(C)NC(COCc1ccccc1)C(=O)O[Si](C)(C)C(C)(C)C. The van der Waals surface area contributed by atoms with E-state index in [0.717, 1.165) is 5.56 Å². The lowest BCUT2D eigenvalue weighted by Gasteiger charge is -2.41. The third-order valence-electron chi connectivity index (χ3n) is 6.25. The van der Waals surface area contributed by atoms with Crippen LogP contribution in [0.5, 0.6) is 0 Å². The number of benzene rings is 1. The predicted octanol–water partition coefficient (Wildman–Crippen LogP) is 5.72. The van der Waals surface area contributed by atoms with Crippen molar-refractivity contribution in [3.8, 4) is 0 Å². The van der Waals surface area contributed by atoms with Crippen molar-refractivity contribution in [2.45, 2.75) is 90.5 Å². The van der Waals surface area contributed by atoms with Gasteiger partial charge in [-0.25, -0.2) is 0 Å². The lowest BCUT2D eigenvalue weighted by Crippen LogP contribution is -2.61. The second-order valence-corrected chi connectivity index (χ2v) is 20.5. The first kappa shape index (κ1) is 25.1. The van der Waals surface area contributed by atoms with Crippen LogP contribution < -0.4 is 4.98 Å². The molecule has 0 aliphatic rings. The van der Waals surface area contributed by atoms with Gasteiger partial charge < -0.3 is 14.1 Å². The Balaban J connectivity index is 2.92. The maximum atomic E-state index is 13.1. The summed E-state index contributed by atoms with van der Waals surface area (Å²) in [6, 6.07) is 9.60.